The van der Waals surface area contributed by atoms with Crippen LogP contribution in [-0.2, 0) is 0 Å². The van der Waals surface area contributed by atoms with Crippen LogP contribution in [0.3, 0.4) is 0 Å². The van der Waals surface area contributed by atoms with Gasteiger partial charge >= 0.3 is 0 Å². The number of hydrogen-bond acceptors (Lipinski definition) is 12. The molecule has 12 nitrogen and oxygen atoms in total. The zero-order valence-electron chi connectivity index (χ0n) is 58.2. The van der Waals surface area contributed by atoms with Crippen LogP contribution in [0.4, 0.5) is 0 Å². The second-order valence-corrected chi connectivity index (χ2v) is 27.3. The number of aromatic nitrogens is 9. The van der Waals surface area contributed by atoms with Gasteiger partial charge in [-0.3, -0.25) is 0 Å². The maximum atomic E-state index is 6.47. The Labute approximate surface area is 644 Å². The molecular formula is C95H56Cl3N9O3. The predicted octanol–water partition coefficient (Wildman–Crippen LogP) is 26.2. The first kappa shape index (κ1) is 66.8. The van der Waals surface area contributed by atoms with Crippen LogP contribution < -0.4 is 0 Å². The average Bonchev–Trinajstić information content (AvgIpc) is 1.58. The Morgan fingerprint density at radius 1 is 0.182 bits per heavy atom. The lowest BCUT2D eigenvalue weighted by Crippen LogP contribution is -1.98. The van der Waals surface area contributed by atoms with Gasteiger partial charge in [0.2, 0.25) is 15.9 Å². The van der Waals surface area contributed by atoms with E-state index in [1.165, 1.54) is 10.8 Å². The van der Waals surface area contributed by atoms with Gasteiger partial charge in [-0.2, -0.15) is 29.9 Å². The van der Waals surface area contributed by atoms with E-state index in [1.807, 2.05) is 182 Å². The number of nitrogens with zero attached hydrogens (tertiary/aromatic N) is 9. The number of hydrogen-bond donors (Lipinski definition) is 0. The number of para-hydroxylation sites is 3. The van der Waals surface area contributed by atoms with Gasteiger partial charge in [0.1, 0.15) is 33.5 Å². The third-order valence-electron chi connectivity index (χ3n) is 19.6. The van der Waals surface area contributed by atoms with Crippen molar-refractivity contribution in [1.29, 1.82) is 0 Å². The quantitative estimate of drug-likeness (QED) is 0.128. The van der Waals surface area contributed by atoms with Crippen molar-refractivity contribution >= 4 is 122 Å². The Bertz CT molecular complexity index is 7080. The molecular weight excluding hydrogens is 1420 g/mol. The second-order valence-electron chi connectivity index (χ2n) is 26.3. The molecule has 21 rings (SSSR count). The van der Waals surface area contributed by atoms with E-state index in [9.17, 15) is 0 Å². The second kappa shape index (κ2) is 28.8. The lowest BCUT2D eigenvalue weighted by Gasteiger charge is -2.10. The molecule has 0 radical (unpaired) electrons. The van der Waals surface area contributed by atoms with Gasteiger partial charge in [-0.25, -0.2) is 15.0 Å². The topological polar surface area (TPSA) is 155 Å². The lowest BCUT2D eigenvalue weighted by molar-refractivity contribution is 0.669. The van der Waals surface area contributed by atoms with Crippen LogP contribution >= 0.6 is 34.8 Å². The van der Waals surface area contributed by atoms with Crippen LogP contribution in [0.1, 0.15) is 0 Å². The molecule has 520 valence electrons. The van der Waals surface area contributed by atoms with E-state index < -0.39 is 0 Å². The summed E-state index contributed by atoms with van der Waals surface area (Å²) >= 11 is 19.1. The molecule has 0 spiro atoms. The molecule has 0 atom stereocenters. The standard InChI is InChI=1S/C37H22ClN3O.C31H18ClN3O.C27H16ClN3O/c38-37-40-35(26-16-13-24(14-17-26)23-7-2-1-3-8-23)39-36(41-37)31-11-6-9-25-15-18-27(21-32(25)31)28-19-20-30-29-10-4-5-12-33(29)42-34(30)22-28;32-31-34-29(20-9-2-1-3-10-20)33-30(35-31)25-14-7-15-26-27(25)24-13-6-12-23(28(24)36-26)22-17-16-19-8-4-5-11-21(19)18-22;28-27-30-25(18-11-5-2-6-12-18)29-26(31-27)21-15-8-16-22-23(21)20-14-7-13-19(24(20)32-22)17-9-3-1-4-10-17/h1-22H;1-18H;1-16H. The van der Waals surface area contributed by atoms with Crippen molar-refractivity contribution in [3.8, 4) is 113 Å². The fourth-order valence-corrected chi connectivity index (χ4v) is 14.9. The molecule has 0 unspecified atom stereocenters. The van der Waals surface area contributed by atoms with Crippen molar-refractivity contribution in [3.05, 3.63) is 356 Å². The molecule has 0 aliphatic carbocycles. The minimum absolute atomic E-state index is 0.153. The molecule has 0 aliphatic rings. The molecule has 6 aromatic heterocycles. The van der Waals surface area contributed by atoms with Crippen LogP contribution in [0.15, 0.2) is 353 Å². The fourth-order valence-electron chi connectivity index (χ4n) is 14.5. The zero-order valence-corrected chi connectivity index (χ0v) is 60.5. The highest BCUT2D eigenvalue weighted by molar-refractivity contribution is 6.29. The minimum atomic E-state index is 0.153. The normalized spacial score (nSPS) is 11.4. The summed E-state index contributed by atoms with van der Waals surface area (Å²) in [5, 5.41) is 11.2. The summed E-state index contributed by atoms with van der Waals surface area (Å²) in [5.41, 5.74) is 19.0. The van der Waals surface area contributed by atoms with Gasteiger partial charge in [-0.1, -0.05) is 297 Å². The summed E-state index contributed by atoms with van der Waals surface area (Å²) in [6.07, 6.45) is 0. The van der Waals surface area contributed by atoms with Gasteiger partial charge in [0.25, 0.3) is 0 Å². The van der Waals surface area contributed by atoms with Crippen molar-refractivity contribution in [2.75, 3.05) is 0 Å². The Morgan fingerprint density at radius 2 is 0.545 bits per heavy atom. The molecule has 0 saturated heterocycles. The Hall–Kier alpha value is -13.9. The smallest absolute Gasteiger partial charge is 0.226 e. The van der Waals surface area contributed by atoms with E-state index >= 15 is 0 Å². The maximum absolute atomic E-state index is 6.47. The van der Waals surface area contributed by atoms with Crippen LogP contribution in [0.25, 0.3) is 200 Å². The summed E-state index contributed by atoms with van der Waals surface area (Å²) in [6.45, 7) is 0. The molecule has 0 N–H and O–H groups in total. The first-order chi connectivity index (χ1) is 54.2. The van der Waals surface area contributed by atoms with E-state index in [2.05, 4.69) is 188 Å². The number of halogens is 3. The number of fused-ring (bicyclic) bond motifs is 11. The molecule has 0 aliphatic heterocycles. The Balaban J connectivity index is 0.000000113. The SMILES string of the molecule is Clc1nc(-c2ccc(-c3ccccc3)cc2)nc(-c2cccc3ccc(-c4ccc5c(c4)oc4ccccc45)cc23)n1.Clc1nc(-c2ccccc2)nc(-c2cccc3oc4c(-c5ccc6ccccc6c5)cccc4c23)n1.Clc1nc(-c2ccccc2)nc(-c2cccc3oc4c(-c5ccccc5)cccc4c23)n1. The molecule has 0 saturated carbocycles. The maximum Gasteiger partial charge on any atom is 0.226 e. The number of rotatable bonds is 10. The molecule has 0 bridgehead atoms. The van der Waals surface area contributed by atoms with Crippen molar-refractivity contribution in [2.24, 2.45) is 0 Å². The summed E-state index contributed by atoms with van der Waals surface area (Å²) in [5.74, 6) is 3.17. The van der Waals surface area contributed by atoms with E-state index in [4.69, 9.17) is 63.0 Å². The highest BCUT2D eigenvalue weighted by atomic mass is 35.5. The van der Waals surface area contributed by atoms with Crippen LogP contribution in [-0.4, -0.2) is 44.9 Å². The van der Waals surface area contributed by atoms with Crippen LogP contribution in [0.5, 0.6) is 0 Å². The van der Waals surface area contributed by atoms with Gasteiger partial charge < -0.3 is 13.3 Å². The highest BCUT2D eigenvalue weighted by Gasteiger charge is 2.23. The van der Waals surface area contributed by atoms with Crippen molar-refractivity contribution in [2.45, 2.75) is 0 Å². The molecule has 6 heterocycles. The Kier molecular flexibility index (Phi) is 17.5. The van der Waals surface area contributed by atoms with Gasteiger partial charge in [-0.05, 0) is 132 Å². The molecule has 0 amide bonds. The molecule has 21 aromatic rings. The predicted molar refractivity (Wildman–Crippen MR) is 446 cm³/mol. The first-order valence-electron chi connectivity index (χ1n) is 35.6. The fraction of sp³-hybridized carbons (Fsp3) is 0. The van der Waals surface area contributed by atoms with Crippen molar-refractivity contribution in [3.63, 3.8) is 0 Å². The number of benzene rings is 15. The van der Waals surface area contributed by atoms with Crippen molar-refractivity contribution < 1.29 is 13.3 Å². The van der Waals surface area contributed by atoms with Gasteiger partial charge in [-0.15, -0.1) is 0 Å². The highest BCUT2D eigenvalue weighted by Crippen LogP contribution is 2.44. The summed E-state index contributed by atoms with van der Waals surface area (Å²) in [4.78, 5) is 41.0. The van der Waals surface area contributed by atoms with Gasteiger partial charge in [0.05, 0.1) is 0 Å². The van der Waals surface area contributed by atoms with E-state index in [0.717, 1.165) is 154 Å². The molecule has 110 heavy (non-hydrogen) atoms. The van der Waals surface area contributed by atoms with Gasteiger partial charge in [0.15, 0.2) is 34.9 Å². The first-order valence-corrected chi connectivity index (χ1v) is 36.8. The van der Waals surface area contributed by atoms with E-state index in [1.54, 1.807) is 0 Å². The Morgan fingerprint density at radius 3 is 1.14 bits per heavy atom. The zero-order chi connectivity index (χ0) is 73.6. The van der Waals surface area contributed by atoms with E-state index in [-0.39, 0.29) is 15.9 Å². The molecule has 15 heteroatoms. The van der Waals surface area contributed by atoms with E-state index in [0.29, 0.717) is 34.9 Å². The largest absolute Gasteiger partial charge is 0.456 e. The van der Waals surface area contributed by atoms with Crippen molar-refractivity contribution in [1.82, 2.24) is 44.9 Å². The lowest BCUT2D eigenvalue weighted by atomic mass is 9.97. The monoisotopic (exact) mass is 1480 g/mol. The van der Waals surface area contributed by atoms with Crippen LogP contribution in [0.2, 0.25) is 15.9 Å². The number of furan rings is 3. The summed E-state index contributed by atoms with van der Waals surface area (Å²) < 4.78 is 18.9. The third kappa shape index (κ3) is 12.9. The minimum Gasteiger partial charge on any atom is -0.456 e. The summed E-state index contributed by atoms with van der Waals surface area (Å²) in [7, 11) is 0. The summed E-state index contributed by atoms with van der Waals surface area (Å²) in [6, 6.07) is 114. The average molecular weight is 1480 g/mol. The van der Waals surface area contributed by atoms with Gasteiger partial charge in [0, 0.05) is 76.8 Å². The van der Waals surface area contributed by atoms with Crippen LogP contribution in [0, 0.1) is 0 Å². The molecule has 0 fully saturated rings. The third-order valence-corrected chi connectivity index (χ3v) is 20.2. The molecule has 15 aromatic carbocycles.